The standard InChI is InChI=1S/C8H17NO/c1-5-6(9)8(2,3)7(5)10-4/h5-7H,9H2,1-4H3/t5-,6-,7-/m1/s1. The first kappa shape index (κ1) is 8.02. The van der Waals surface area contributed by atoms with Crippen LogP contribution in [0.1, 0.15) is 20.8 Å². The van der Waals surface area contributed by atoms with Crippen molar-refractivity contribution in [2.45, 2.75) is 32.9 Å². The van der Waals surface area contributed by atoms with Gasteiger partial charge in [0.15, 0.2) is 0 Å². The lowest BCUT2D eigenvalue weighted by atomic mass is 9.58. The molecule has 0 aliphatic heterocycles. The normalized spacial score (nSPS) is 44.7. The zero-order chi connectivity index (χ0) is 7.94. The molecule has 0 radical (unpaired) electrons. The second-order valence-electron chi connectivity index (χ2n) is 3.86. The minimum Gasteiger partial charge on any atom is -0.381 e. The predicted octanol–water partition coefficient (Wildman–Crippen LogP) is 1.00. The monoisotopic (exact) mass is 143 g/mol. The van der Waals surface area contributed by atoms with E-state index in [4.69, 9.17) is 10.5 Å². The molecule has 0 unspecified atom stereocenters. The molecule has 1 aliphatic carbocycles. The SMILES string of the molecule is CO[C@@H]1[C@H](C)[C@@H](N)C1(C)C. The van der Waals surface area contributed by atoms with Gasteiger partial charge in [-0.15, -0.1) is 0 Å². The molecule has 0 heterocycles. The van der Waals surface area contributed by atoms with Crippen molar-refractivity contribution in [1.29, 1.82) is 0 Å². The summed E-state index contributed by atoms with van der Waals surface area (Å²) in [5, 5.41) is 0. The van der Waals surface area contributed by atoms with Gasteiger partial charge < -0.3 is 10.5 Å². The number of hydrogen-bond donors (Lipinski definition) is 1. The van der Waals surface area contributed by atoms with Crippen molar-refractivity contribution in [3.05, 3.63) is 0 Å². The first-order valence-electron chi connectivity index (χ1n) is 3.80. The molecule has 0 aromatic rings. The van der Waals surface area contributed by atoms with Crippen LogP contribution in [0.25, 0.3) is 0 Å². The number of ether oxygens (including phenoxy) is 1. The fourth-order valence-electron chi connectivity index (χ4n) is 2.13. The largest absolute Gasteiger partial charge is 0.381 e. The van der Waals surface area contributed by atoms with E-state index in [0.717, 1.165) is 0 Å². The Bertz CT molecular complexity index is 133. The van der Waals surface area contributed by atoms with Crippen molar-refractivity contribution < 1.29 is 4.74 Å². The molecule has 0 saturated heterocycles. The smallest absolute Gasteiger partial charge is 0.0677 e. The van der Waals surface area contributed by atoms with Gasteiger partial charge >= 0.3 is 0 Å². The number of hydrogen-bond acceptors (Lipinski definition) is 2. The van der Waals surface area contributed by atoms with Gasteiger partial charge in [0.1, 0.15) is 0 Å². The highest BCUT2D eigenvalue weighted by Gasteiger charge is 2.52. The Kier molecular flexibility index (Phi) is 1.77. The molecular weight excluding hydrogens is 126 g/mol. The third kappa shape index (κ3) is 0.789. The third-order valence-corrected chi connectivity index (χ3v) is 2.89. The van der Waals surface area contributed by atoms with E-state index in [1.54, 1.807) is 7.11 Å². The Hall–Kier alpha value is -0.0800. The van der Waals surface area contributed by atoms with Crippen LogP contribution in [0.15, 0.2) is 0 Å². The molecule has 0 aromatic heterocycles. The summed E-state index contributed by atoms with van der Waals surface area (Å²) in [6.07, 6.45) is 0.350. The zero-order valence-corrected chi connectivity index (χ0v) is 7.22. The molecule has 2 N–H and O–H groups in total. The zero-order valence-electron chi connectivity index (χ0n) is 7.22. The van der Waals surface area contributed by atoms with Crippen molar-refractivity contribution in [3.8, 4) is 0 Å². The Morgan fingerprint density at radius 2 is 1.90 bits per heavy atom. The topological polar surface area (TPSA) is 35.2 Å². The summed E-state index contributed by atoms with van der Waals surface area (Å²) >= 11 is 0. The molecule has 1 fully saturated rings. The molecule has 0 aromatic carbocycles. The Balaban J connectivity index is 2.61. The number of rotatable bonds is 1. The molecule has 10 heavy (non-hydrogen) atoms. The van der Waals surface area contributed by atoms with Crippen LogP contribution in [-0.2, 0) is 4.74 Å². The van der Waals surface area contributed by atoms with Crippen molar-refractivity contribution in [3.63, 3.8) is 0 Å². The second kappa shape index (κ2) is 2.21. The van der Waals surface area contributed by atoms with E-state index in [1.165, 1.54) is 0 Å². The van der Waals surface area contributed by atoms with Gasteiger partial charge in [0.2, 0.25) is 0 Å². The molecule has 1 aliphatic rings. The van der Waals surface area contributed by atoms with Crippen LogP contribution in [0.4, 0.5) is 0 Å². The average molecular weight is 143 g/mol. The van der Waals surface area contributed by atoms with Crippen LogP contribution in [-0.4, -0.2) is 19.3 Å². The van der Waals surface area contributed by atoms with E-state index in [9.17, 15) is 0 Å². The molecule has 2 heteroatoms. The maximum atomic E-state index is 5.89. The molecule has 0 bridgehead atoms. The van der Waals surface area contributed by atoms with Gasteiger partial charge in [-0.3, -0.25) is 0 Å². The summed E-state index contributed by atoms with van der Waals surface area (Å²) < 4.78 is 5.30. The van der Waals surface area contributed by atoms with Crippen molar-refractivity contribution in [2.24, 2.45) is 17.1 Å². The van der Waals surface area contributed by atoms with Gasteiger partial charge in [0.05, 0.1) is 6.10 Å². The highest BCUT2D eigenvalue weighted by atomic mass is 16.5. The van der Waals surface area contributed by atoms with E-state index in [0.29, 0.717) is 18.1 Å². The lowest BCUT2D eigenvalue weighted by molar-refractivity contribution is -0.133. The summed E-state index contributed by atoms with van der Waals surface area (Å²) in [6.45, 7) is 6.46. The fraction of sp³-hybridized carbons (Fsp3) is 1.00. The molecule has 1 rings (SSSR count). The first-order valence-corrected chi connectivity index (χ1v) is 3.80. The summed E-state index contributed by atoms with van der Waals surface area (Å²) in [6, 6.07) is 0.303. The van der Waals surface area contributed by atoms with Gasteiger partial charge in [0.25, 0.3) is 0 Å². The van der Waals surface area contributed by atoms with Crippen molar-refractivity contribution >= 4 is 0 Å². The fourth-order valence-corrected chi connectivity index (χ4v) is 2.13. The molecular formula is C8H17NO. The maximum Gasteiger partial charge on any atom is 0.0677 e. The van der Waals surface area contributed by atoms with Gasteiger partial charge in [0, 0.05) is 18.6 Å². The average Bonchev–Trinajstić information content (AvgIpc) is 1.88. The second-order valence-corrected chi connectivity index (χ2v) is 3.86. The van der Waals surface area contributed by atoms with Crippen LogP contribution in [0.2, 0.25) is 0 Å². The van der Waals surface area contributed by atoms with Gasteiger partial charge in [-0.25, -0.2) is 0 Å². The highest BCUT2D eigenvalue weighted by molar-refractivity contribution is 5.05. The summed E-state index contributed by atoms with van der Waals surface area (Å²) in [5.74, 6) is 0.514. The van der Waals surface area contributed by atoms with E-state index in [-0.39, 0.29) is 5.41 Å². The number of methoxy groups -OCH3 is 1. The van der Waals surface area contributed by atoms with Crippen LogP contribution < -0.4 is 5.73 Å². The van der Waals surface area contributed by atoms with Crippen molar-refractivity contribution in [2.75, 3.05) is 7.11 Å². The molecule has 2 nitrogen and oxygen atoms in total. The predicted molar refractivity (Wildman–Crippen MR) is 41.7 cm³/mol. The lowest BCUT2D eigenvalue weighted by Gasteiger charge is -2.54. The molecule has 1 saturated carbocycles. The third-order valence-electron chi connectivity index (χ3n) is 2.89. The summed E-state index contributed by atoms with van der Waals surface area (Å²) in [4.78, 5) is 0. The Morgan fingerprint density at radius 3 is 2.10 bits per heavy atom. The molecule has 0 spiro atoms. The van der Waals surface area contributed by atoms with Crippen molar-refractivity contribution in [1.82, 2.24) is 0 Å². The van der Waals surface area contributed by atoms with Gasteiger partial charge in [-0.05, 0) is 5.92 Å². The first-order chi connectivity index (χ1) is 4.51. The van der Waals surface area contributed by atoms with Gasteiger partial charge in [-0.1, -0.05) is 20.8 Å². The Morgan fingerprint density at radius 1 is 1.40 bits per heavy atom. The summed E-state index contributed by atoms with van der Waals surface area (Å²) in [5.41, 5.74) is 6.06. The molecule has 0 amide bonds. The lowest BCUT2D eigenvalue weighted by Crippen LogP contribution is -2.65. The highest BCUT2D eigenvalue weighted by Crippen LogP contribution is 2.45. The van der Waals surface area contributed by atoms with Crippen LogP contribution in [0, 0.1) is 11.3 Å². The number of nitrogens with two attached hydrogens (primary N) is 1. The van der Waals surface area contributed by atoms with Crippen LogP contribution in [0.3, 0.4) is 0 Å². The Labute approximate surface area is 62.7 Å². The minimum atomic E-state index is 0.175. The van der Waals surface area contributed by atoms with E-state index < -0.39 is 0 Å². The van der Waals surface area contributed by atoms with Crippen LogP contribution in [0.5, 0.6) is 0 Å². The molecule has 3 atom stereocenters. The van der Waals surface area contributed by atoms with E-state index in [2.05, 4.69) is 20.8 Å². The quantitative estimate of drug-likeness (QED) is 0.594. The maximum absolute atomic E-state index is 5.89. The van der Waals surface area contributed by atoms with E-state index in [1.807, 2.05) is 0 Å². The van der Waals surface area contributed by atoms with E-state index >= 15 is 0 Å². The summed E-state index contributed by atoms with van der Waals surface area (Å²) in [7, 11) is 1.76. The van der Waals surface area contributed by atoms with Gasteiger partial charge in [-0.2, -0.15) is 0 Å². The minimum absolute atomic E-state index is 0.175. The molecule has 60 valence electrons. The van der Waals surface area contributed by atoms with Crippen LogP contribution >= 0.6 is 0 Å².